The number of rotatable bonds is 7. The van der Waals surface area contributed by atoms with E-state index in [0.717, 1.165) is 24.0 Å². The predicted octanol–water partition coefficient (Wildman–Crippen LogP) is 3.02. The monoisotopic (exact) mass is 388 g/mol. The molecule has 0 aromatic heterocycles. The topological polar surface area (TPSA) is 84.5 Å². The molecule has 1 fully saturated rings. The number of hydrogen-bond donors (Lipinski definition) is 2. The summed E-state index contributed by atoms with van der Waals surface area (Å²) in [6, 6.07) is 7.86. The third-order valence-electron chi connectivity index (χ3n) is 4.95. The Bertz CT molecular complexity index is 698. The van der Waals surface area contributed by atoms with E-state index in [-0.39, 0.29) is 30.4 Å². The predicted molar refractivity (Wildman–Crippen MR) is 107 cm³/mol. The highest BCUT2D eigenvalue weighted by molar-refractivity contribution is 5.88. The Hall–Kier alpha value is -2.37. The van der Waals surface area contributed by atoms with E-state index in [1.807, 2.05) is 52.0 Å². The van der Waals surface area contributed by atoms with Crippen LogP contribution in [0, 0.1) is 12.3 Å². The first-order chi connectivity index (χ1) is 13.1. The summed E-state index contributed by atoms with van der Waals surface area (Å²) in [5, 5.41) is 5.66. The van der Waals surface area contributed by atoms with Crippen LogP contribution in [0.3, 0.4) is 0 Å². The van der Waals surface area contributed by atoms with Crippen molar-refractivity contribution in [2.45, 2.75) is 71.9 Å². The molecule has 1 aliphatic rings. The lowest BCUT2D eigenvalue weighted by Crippen LogP contribution is -2.44. The van der Waals surface area contributed by atoms with Gasteiger partial charge in [-0.1, -0.05) is 42.7 Å². The molecule has 6 heteroatoms. The third kappa shape index (κ3) is 6.66. The van der Waals surface area contributed by atoms with E-state index in [4.69, 9.17) is 4.74 Å². The molecule has 0 radical (unpaired) electrons. The number of carbonyl (C=O) groups excluding carboxylic acids is 3. The summed E-state index contributed by atoms with van der Waals surface area (Å²) in [5.74, 6) is -0.948. The van der Waals surface area contributed by atoms with Crippen molar-refractivity contribution < 1.29 is 19.1 Å². The van der Waals surface area contributed by atoms with Crippen LogP contribution in [0.1, 0.15) is 64.0 Å². The minimum atomic E-state index is -0.813. The van der Waals surface area contributed by atoms with Crippen LogP contribution in [0.15, 0.2) is 24.3 Å². The van der Waals surface area contributed by atoms with E-state index in [9.17, 15) is 14.4 Å². The van der Waals surface area contributed by atoms with Gasteiger partial charge in [-0.2, -0.15) is 0 Å². The van der Waals surface area contributed by atoms with Crippen LogP contribution in [-0.4, -0.2) is 29.9 Å². The normalized spacial score (nSPS) is 15.7. The summed E-state index contributed by atoms with van der Waals surface area (Å²) in [6.45, 7) is 7.78. The Morgan fingerprint density at radius 1 is 1.04 bits per heavy atom. The molecule has 2 N–H and O–H groups in total. The van der Waals surface area contributed by atoms with Gasteiger partial charge in [-0.3, -0.25) is 14.4 Å². The highest BCUT2D eigenvalue weighted by Crippen LogP contribution is 2.42. The zero-order valence-electron chi connectivity index (χ0n) is 17.4. The van der Waals surface area contributed by atoms with Crippen molar-refractivity contribution in [2.75, 3.05) is 6.61 Å². The Morgan fingerprint density at radius 3 is 2.21 bits per heavy atom. The molecule has 1 aromatic rings. The van der Waals surface area contributed by atoms with Gasteiger partial charge in [-0.15, -0.1) is 0 Å². The largest absolute Gasteiger partial charge is 0.455 e. The van der Waals surface area contributed by atoms with Crippen LogP contribution in [0.4, 0.5) is 0 Å². The summed E-state index contributed by atoms with van der Waals surface area (Å²) < 4.78 is 5.30. The van der Waals surface area contributed by atoms with Crippen molar-refractivity contribution >= 4 is 17.8 Å². The molecular weight excluding hydrogens is 356 g/mol. The molecule has 6 nitrogen and oxygen atoms in total. The minimum Gasteiger partial charge on any atom is -0.455 e. The summed E-state index contributed by atoms with van der Waals surface area (Å²) in [5.41, 5.74) is 0.973. The molecule has 154 valence electrons. The molecule has 0 unspecified atom stereocenters. The van der Waals surface area contributed by atoms with Crippen molar-refractivity contribution in [3.8, 4) is 0 Å². The smallest absolute Gasteiger partial charge is 0.313 e. The number of amides is 2. The molecule has 0 bridgehead atoms. The molecular formula is C22H32N2O4. The average Bonchev–Trinajstić information content (AvgIpc) is 3.07. The van der Waals surface area contributed by atoms with Crippen LogP contribution < -0.4 is 10.6 Å². The summed E-state index contributed by atoms with van der Waals surface area (Å²) in [6.07, 6.45) is 3.12. The fourth-order valence-corrected chi connectivity index (χ4v) is 3.52. The summed E-state index contributed by atoms with van der Waals surface area (Å²) in [7, 11) is 0. The Balaban J connectivity index is 1.85. The van der Waals surface area contributed by atoms with Crippen LogP contribution in [0.2, 0.25) is 0 Å². The van der Waals surface area contributed by atoms with Gasteiger partial charge in [0.15, 0.2) is 6.61 Å². The van der Waals surface area contributed by atoms with Gasteiger partial charge < -0.3 is 15.4 Å². The molecule has 28 heavy (non-hydrogen) atoms. The number of hydrogen-bond acceptors (Lipinski definition) is 4. The lowest BCUT2D eigenvalue weighted by molar-refractivity contribution is -0.160. The molecule has 0 heterocycles. The lowest BCUT2D eigenvalue weighted by Gasteiger charge is -2.28. The summed E-state index contributed by atoms with van der Waals surface area (Å²) in [4.78, 5) is 37.1. The number of carbonyl (C=O) groups is 3. The summed E-state index contributed by atoms with van der Waals surface area (Å²) >= 11 is 0. The molecule has 2 amide bonds. The van der Waals surface area contributed by atoms with Gasteiger partial charge in [0.2, 0.25) is 5.91 Å². The number of esters is 1. The Morgan fingerprint density at radius 2 is 1.64 bits per heavy atom. The van der Waals surface area contributed by atoms with E-state index in [1.165, 1.54) is 0 Å². The zero-order valence-corrected chi connectivity index (χ0v) is 17.4. The maximum absolute atomic E-state index is 12.7. The van der Waals surface area contributed by atoms with Gasteiger partial charge in [0, 0.05) is 18.5 Å². The van der Waals surface area contributed by atoms with Crippen LogP contribution in [-0.2, 0) is 25.7 Å². The van der Waals surface area contributed by atoms with E-state index in [2.05, 4.69) is 10.6 Å². The van der Waals surface area contributed by atoms with Crippen molar-refractivity contribution in [3.63, 3.8) is 0 Å². The van der Waals surface area contributed by atoms with E-state index in [1.54, 1.807) is 0 Å². The maximum Gasteiger partial charge on any atom is 0.313 e. The molecule has 1 aliphatic carbocycles. The zero-order chi connectivity index (χ0) is 20.8. The third-order valence-corrected chi connectivity index (χ3v) is 4.95. The Kier molecular flexibility index (Phi) is 7.22. The van der Waals surface area contributed by atoms with Crippen molar-refractivity contribution in [3.05, 3.63) is 35.4 Å². The first-order valence-electron chi connectivity index (χ1n) is 9.90. The molecule has 1 saturated carbocycles. The van der Waals surface area contributed by atoms with Gasteiger partial charge >= 0.3 is 5.97 Å². The second kappa shape index (κ2) is 9.22. The molecule has 0 atom stereocenters. The van der Waals surface area contributed by atoms with Crippen molar-refractivity contribution in [1.82, 2.24) is 10.6 Å². The second-order valence-electron chi connectivity index (χ2n) is 8.80. The second-order valence-corrected chi connectivity index (χ2v) is 8.80. The SMILES string of the molecule is Cc1ccc(CNC(=O)COC(=O)C2(CC(=O)NC(C)(C)C)CCCC2)cc1. The van der Waals surface area contributed by atoms with E-state index in [0.29, 0.717) is 19.4 Å². The minimum absolute atomic E-state index is 0.105. The fraction of sp³-hybridized carbons (Fsp3) is 0.591. The standard InChI is InChI=1S/C22H32N2O4/c1-16-7-9-17(10-8-16)14-23-19(26)15-28-20(27)22(11-5-6-12-22)13-18(25)24-21(2,3)4/h7-10H,5-6,11-15H2,1-4H3,(H,23,26)(H,24,25). The van der Waals surface area contributed by atoms with Gasteiger partial charge in [-0.05, 0) is 46.1 Å². The van der Waals surface area contributed by atoms with Gasteiger partial charge in [-0.25, -0.2) is 0 Å². The number of nitrogens with one attached hydrogen (secondary N) is 2. The van der Waals surface area contributed by atoms with Gasteiger partial charge in [0.25, 0.3) is 5.91 Å². The number of aryl methyl sites for hydroxylation is 1. The fourth-order valence-electron chi connectivity index (χ4n) is 3.52. The average molecular weight is 389 g/mol. The van der Waals surface area contributed by atoms with E-state index >= 15 is 0 Å². The molecule has 0 saturated heterocycles. The van der Waals surface area contributed by atoms with Crippen molar-refractivity contribution in [2.24, 2.45) is 5.41 Å². The molecule has 1 aromatic carbocycles. The molecule has 0 aliphatic heterocycles. The molecule has 0 spiro atoms. The quantitative estimate of drug-likeness (QED) is 0.703. The van der Waals surface area contributed by atoms with Crippen molar-refractivity contribution in [1.29, 1.82) is 0 Å². The van der Waals surface area contributed by atoms with Crippen LogP contribution in [0.25, 0.3) is 0 Å². The van der Waals surface area contributed by atoms with Gasteiger partial charge in [0.1, 0.15) is 0 Å². The Labute approximate surface area is 167 Å². The first-order valence-corrected chi connectivity index (χ1v) is 9.90. The highest BCUT2D eigenvalue weighted by Gasteiger charge is 2.44. The van der Waals surface area contributed by atoms with Crippen LogP contribution >= 0.6 is 0 Å². The first kappa shape index (κ1) is 21.9. The highest BCUT2D eigenvalue weighted by atomic mass is 16.5. The maximum atomic E-state index is 12.7. The number of ether oxygens (including phenoxy) is 1. The van der Waals surface area contributed by atoms with Crippen LogP contribution in [0.5, 0.6) is 0 Å². The molecule has 2 rings (SSSR count). The lowest BCUT2D eigenvalue weighted by atomic mass is 9.82. The number of benzene rings is 1. The van der Waals surface area contributed by atoms with E-state index < -0.39 is 11.4 Å². The van der Waals surface area contributed by atoms with Gasteiger partial charge in [0.05, 0.1) is 5.41 Å².